The van der Waals surface area contributed by atoms with E-state index in [2.05, 4.69) is 4.72 Å². The van der Waals surface area contributed by atoms with Crippen molar-refractivity contribution < 1.29 is 17.6 Å². The zero-order valence-electron chi connectivity index (χ0n) is 15.8. The number of benzene rings is 2. The Morgan fingerprint density at radius 3 is 2.41 bits per heavy atom. The summed E-state index contributed by atoms with van der Waals surface area (Å²) < 4.78 is 42.0. The smallest absolute Gasteiger partial charge is 0.244 e. The highest BCUT2D eigenvalue weighted by Crippen LogP contribution is 2.17. The Labute approximate surface area is 173 Å². The van der Waals surface area contributed by atoms with Crippen molar-refractivity contribution in [3.05, 3.63) is 88.4 Å². The molecule has 3 aromatic rings. The van der Waals surface area contributed by atoms with E-state index < -0.39 is 26.8 Å². The van der Waals surface area contributed by atoms with Crippen molar-refractivity contribution >= 4 is 27.3 Å². The minimum absolute atomic E-state index is 0.155. The molecule has 0 aliphatic carbocycles. The summed E-state index contributed by atoms with van der Waals surface area (Å²) in [6.45, 7) is 0.364. The quantitative estimate of drug-likeness (QED) is 0.593. The van der Waals surface area contributed by atoms with Crippen molar-refractivity contribution in [1.29, 1.82) is 0 Å². The van der Waals surface area contributed by atoms with Crippen molar-refractivity contribution in [1.82, 2.24) is 9.62 Å². The Morgan fingerprint density at radius 2 is 1.76 bits per heavy atom. The Balaban J connectivity index is 1.86. The molecule has 1 aromatic heterocycles. The van der Waals surface area contributed by atoms with Crippen molar-refractivity contribution in [2.45, 2.75) is 23.9 Å². The van der Waals surface area contributed by atoms with Gasteiger partial charge in [-0.1, -0.05) is 48.5 Å². The van der Waals surface area contributed by atoms with E-state index in [9.17, 15) is 17.6 Å². The van der Waals surface area contributed by atoms with Gasteiger partial charge in [0.1, 0.15) is 16.8 Å². The van der Waals surface area contributed by atoms with Crippen LogP contribution in [0.3, 0.4) is 0 Å². The largest absolute Gasteiger partial charge is 0.339 e. The number of rotatable bonds is 8. The molecule has 0 fully saturated rings. The molecule has 3 rings (SSSR count). The van der Waals surface area contributed by atoms with E-state index in [4.69, 9.17) is 0 Å². The number of sulfonamides is 1. The molecule has 1 atom stereocenters. The number of halogens is 1. The van der Waals surface area contributed by atoms with Crippen LogP contribution in [0.4, 0.5) is 4.39 Å². The molecule has 8 heteroatoms. The third-order valence-electron chi connectivity index (χ3n) is 4.35. The fourth-order valence-electron chi connectivity index (χ4n) is 2.92. The van der Waals surface area contributed by atoms with E-state index >= 15 is 0 Å². The van der Waals surface area contributed by atoms with Gasteiger partial charge >= 0.3 is 0 Å². The van der Waals surface area contributed by atoms with Crippen LogP contribution in [0.15, 0.2) is 77.0 Å². The molecule has 0 saturated heterocycles. The van der Waals surface area contributed by atoms with E-state index in [1.165, 1.54) is 34.4 Å². The fraction of sp³-hybridized carbons (Fsp3) is 0.190. The van der Waals surface area contributed by atoms with Crippen LogP contribution < -0.4 is 4.72 Å². The number of carbonyl (C=O) groups excluding carboxylic acids is 1. The lowest BCUT2D eigenvalue weighted by atomic mass is 10.1. The van der Waals surface area contributed by atoms with Gasteiger partial charge in [-0.05, 0) is 35.6 Å². The number of amides is 1. The standard InChI is InChI=1S/C21H21FN2O3S2/c1-24(15-17-10-7-13-28-17)21(25)19(14-16-8-3-2-4-9-16)23-29(26,27)20-12-6-5-11-18(20)22/h2-13,19,23H,14-15H2,1H3. The lowest BCUT2D eigenvalue weighted by Gasteiger charge is -2.24. The van der Waals surface area contributed by atoms with Gasteiger partial charge in [-0.25, -0.2) is 12.8 Å². The minimum Gasteiger partial charge on any atom is -0.339 e. The molecule has 1 heterocycles. The number of carbonyl (C=O) groups is 1. The maximum Gasteiger partial charge on any atom is 0.244 e. The highest BCUT2D eigenvalue weighted by atomic mass is 32.2. The maximum atomic E-state index is 14.1. The molecule has 0 aliphatic heterocycles. The number of likely N-dealkylation sites (N-methyl/N-ethyl adjacent to an activating group) is 1. The Bertz CT molecular complexity index is 1050. The van der Waals surface area contributed by atoms with Crippen LogP contribution in [0, 0.1) is 5.82 Å². The summed E-state index contributed by atoms with van der Waals surface area (Å²) in [6.07, 6.45) is 0.155. The molecule has 0 bridgehead atoms. The molecule has 29 heavy (non-hydrogen) atoms. The Kier molecular flexibility index (Phi) is 6.79. The first kappa shape index (κ1) is 21.2. The van der Waals surface area contributed by atoms with Gasteiger partial charge < -0.3 is 4.90 Å². The monoisotopic (exact) mass is 432 g/mol. The van der Waals surface area contributed by atoms with E-state index in [1.54, 1.807) is 7.05 Å². The molecule has 2 aromatic carbocycles. The molecule has 1 amide bonds. The molecule has 5 nitrogen and oxygen atoms in total. The molecule has 0 radical (unpaired) electrons. The average molecular weight is 433 g/mol. The second-order valence-corrected chi connectivity index (χ2v) is 9.28. The number of nitrogens with zero attached hydrogens (tertiary/aromatic N) is 1. The second-order valence-electron chi connectivity index (χ2n) is 6.57. The first-order chi connectivity index (χ1) is 13.9. The molecule has 0 spiro atoms. The van der Waals surface area contributed by atoms with Gasteiger partial charge in [0.2, 0.25) is 15.9 Å². The molecular formula is C21H21FN2O3S2. The van der Waals surface area contributed by atoms with Gasteiger partial charge in [0.15, 0.2) is 0 Å². The average Bonchev–Trinajstić information content (AvgIpc) is 3.20. The molecule has 1 unspecified atom stereocenters. The molecule has 152 valence electrons. The summed E-state index contributed by atoms with van der Waals surface area (Å²) in [5.74, 6) is -1.25. The van der Waals surface area contributed by atoms with Gasteiger partial charge in [-0.2, -0.15) is 4.72 Å². The van der Waals surface area contributed by atoms with Crippen LogP contribution in [0.2, 0.25) is 0 Å². The van der Waals surface area contributed by atoms with Crippen LogP contribution in [0.5, 0.6) is 0 Å². The van der Waals surface area contributed by atoms with Crippen LogP contribution in [-0.4, -0.2) is 32.3 Å². The third kappa shape index (κ3) is 5.50. The van der Waals surface area contributed by atoms with E-state index in [-0.39, 0.29) is 12.3 Å². The first-order valence-electron chi connectivity index (χ1n) is 8.95. The summed E-state index contributed by atoms with van der Waals surface area (Å²) in [5.41, 5.74) is 0.798. The van der Waals surface area contributed by atoms with E-state index in [1.807, 2.05) is 47.8 Å². The highest BCUT2D eigenvalue weighted by molar-refractivity contribution is 7.89. The van der Waals surface area contributed by atoms with E-state index in [0.717, 1.165) is 16.5 Å². The van der Waals surface area contributed by atoms with Gasteiger partial charge in [0.25, 0.3) is 0 Å². The summed E-state index contributed by atoms with van der Waals surface area (Å²) in [5, 5.41) is 1.91. The highest BCUT2D eigenvalue weighted by Gasteiger charge is 2.29. The summed E-state index contributed by atoms with van der Waals surface area (Å²) in [6, 6.07) is 16.9. The van der Waals surface area contributed by atoms with E-state index in [0.29, 0.717) is 6.54 Å². The van der Waals surface area contributed by atoms with Crippen molar-refractivity contribution in [3.63, 3.8) is 0 Å². The fourth-order valence-corrected chi connectivity index (χ4v) is 4.95. The number of nitrogens with one attached hydrogen (secondary N) is 1. The lowest BCUT2D eigenvalue weighted by molar-refractivity contribution is -0.132. The first-order valence-corrected chi connectivity index (χ1v) is 11.3. The summed E-state index contributed by atoms with van der Waals surface area (Å²) in [4.78, 5) is 15.1. The van der Waals surface area contributed by atoms with Crippen molar-refractivity contribution in [2.75, 3.05) is 7.05 Å². The number of hydrogen-bond donors (Lipinski definition) is 1. The Morgan fingerprint density at radius 1 is 1.07 bits per heavy atom. The molecule has 0 aliphatic rings. The second kappa shape index (κ2) is 9.30. The SMILES string of the molecule is CN(Cc1cccs1)C(=O)C(Cc1ccccc1)NS(=O)(=O)c1ccccc1F. The summed E-state index contributed by atoms with van der Waals surface area (Å²) in [7, 11) is -2.60. The van der Waals surface area contributed by atoms with Crippen LogP contribution in [0.1, 0.15) is 10.4 Å². The minimum atomic E-state index is -4.22. The van der Waals surface area contributed by atoms with Gasteiger partial charge in [0.05, 0.1) is 6.54 Å². The predicted molar refractivity (Wildman–Crippen MR) is 111 cm³/mol. The van der Waals surface area contributed by atoms with Crippen molar-refractivity contribution in [3.8, 4) is 0 Å². The van der Waals surface area contributed by atoms with Gasteiger partial charge in [-0.15, -0.1) is 11.3 Å². The molecular weight excluding hydrogens is 411 g/mol. The molecule has 1 N–H and O–H groups in total. The van der Waals surface area contributed by atoms with Gasteiger partial charge in [-0.3, -0.25) is 4.79 Å². The number of hydrogen-bond acceptors (Lipinski definition) is 4. The van der Waals surface area contributed by atoms with Crippen LogP contribution in [-0.2, 0) is 27.8 Å². The predicted octanol–water partition coefficient (Wildman–Crippen LogP) is 3.44. The number of thiophene rings is 1. The summed E-state index contributed by atoms with van der Waals surface area (Å²) >= 11 is 1.51. The third-order valence-corrected chi connectivity index (χ3v) is 6.72. The van der Waals surface area contributed by atoms with Crippen LogP contribution in [0.25, 0.3) is 0 Å². The van der Waals surface area contributed by atoms with Gasteiger partial charge in [0, 0.05) is 11.9 Å². The molecule has 0 saturated carbocycles. The van der Waals surface area contributed by atoms with Crippen molar-refractivity contribution in [2.24, 2.45) is 0 Å². The lowest BCUT2D eigenvalue weighted by Crippen LogP contribution is -2.48. The zero-order chi connectivity index (χ0) is 20.9. The zero-order valence-corrected chi connectivity index (χ0v) is 17.4. The topological polar surface area (TPSA) is 66.5 Å². The normalized spacial score (nSPS) is 12.5. The van der Waals surface area contributed by atoms with Crippen LogP contribution >= 0.6 is 11.3 Å². The maximum absolute atomic E-state index is 14.1. The Hall–Kier alpha value is -2.55.